The molecule has 0 aromatic heterocycles. The zero-order chi connectivity index (χ0) is 12.8. The van der Waals surface area contributed by atoms with Crippen molar-refractivity contribution in [1.82, 2.24) is 4.90 Å². The first-order valence-electron chi connectivity index (χ1n) is 6.82. The largest absolute Gasteiger partial charge is 0.328 e. The van der Waals surface area contributed by atoms with Crippen LogP contribution >= 0.6 is 24.8 Å². The molecule has 0 atom stereocenters. The molecular formula is C15H24Cl2N2O. The molecule has 1 fully saturated rings. The molecule has 5 heteroatoms. The predicted molar refractivity (Wildman–Crippen MR) is 88.2 cm³/mol. The SMILES string of the molecule is Cl.Cl.NC1CCN(CCCC(=O)c2ccccc2)CC1. The Labute approximate surface area is 133 Å². The third kappa shape index (κ3) is 6.23. The molecule has 0 radical (unpaired) electrons. The van der Waals surface area contributed by atoms with E-state index in [2.05, 4.69) is 4.90 Å². The van der Waals surface area contributed by atoms with Gasteiger partial charge in [-0.05, 0) is 38.9 Å². The number of benzene rings is 1. The third-order valence-corrected chi connectivity index (χ3v) is 3.61. The standard InChI is InChI=1S/C15H22N2O.2ClH/c16-14-8-11-17(12-9-14)10-4-7-15(18)13-5-2-1-3-6-13;;/h1-3,5-6,14H,4,7-12,16H2;2*1H. The van der Waals surface area contributed by atoms with Gasteiger partial charge in [-0.3, -0.25) is 4.79 Å². The molecule has 0 unspecified atom stereocenters. The van der Waals surface area contributed by atoms with Crippen LogP contribution in [-0.2, 0) is 0 Å². The van der Waals surface area contributed by atoms with Crippen molar-refractivity contribution in [2.45, 2.75) is 31.7 Å². The van der Waals surface area contributed by atoms with Gasteiger partial charge in [-0.15, -0.1) is 24.8 Å². The number of piperidine rings is 1. The normalized spacial score (nSPS) is 16.1. The van der Waals surface area contributed by atoms with Crippen LogP contribution in [-0.4, -0.2) is 36.4 Å². The summed E-state index contributed by atoms with van der Waals surface area (Å²) in [6.45, 7) is 3.19. The van der Waals surface area contributed by atoms with Gasteiger partial charge in [0.25, 0.3) is 0 Å². The highest BCUT2D eigenvalue weighted by Gasteiger charge is 2.15. The van der Waals surface area contributed by atoms with E-state index in [1.54, 1.807) is 0 Å². The number of hydrogen-bond donors (Lipinski definition) is 1. The summed E-state index contributed by atoms with van der Waals surface area (Å²) in [7, 11) is 0. The average Bonchev–Trinajstić information content (AvgIpc) is 2.42. The predicted octanol–water partition coefficient (Wildman–Crippen LogP) is 2.92. The van der Waals surface area contributed by atoms with Crippen LogP contribution in [0.15, 0.2) is 30.3 Å². The van der Waals surface area contributed by atoms with Gasteiger partial charge in [-0.1, -0.05) is 30.3 Å². The minimum absolute atomic E-state index is 0. The molecule has 1 aliphatic rings. The minimum atomic E-state index is 0. The Hall–Kier alpha value is -0.610. The van der Waals surface area contributed by atoms with Gasteiger partial charge in [-0.2, -0.15) is 0 Å². The van der Waals surface area contributed by atoms with Gasteiger partial charge in [0.1, 0.15) is 0 Å². The van der Waals surface area contributed by atoms with Gasteiger partial charge in [0.15, 0.2) is 5.78 Å². The lowest BCUT2D eigenvalue weighted by Gasteiger charge is -2.29. The quantitative estimate of drug-likeness (QED) is 0.849. The van der Waals surface area contributed by atoms with Crippen molar-refractivity contribution in [2.24, 2.45) is 5.73 Å². The first-order valence-corrected chi connectivity index (χ1v) is 6.82. The molecule has 0 amide bonds. The molecule has 1 aliphatic heterocycles. The molecule has 2 rings (SSSR count). The van der Waals surface area contributed by atoms with Gasteiger partial charge >= 0.3 is 0 Å². The van der Waals surface area contributed by atoms with E-state index in [0.29, 0.717) is 12.5 Å². The number of halogens is 2. The summed E-state index contributed by atoms with van der Waals surface area (Å²) in [5.41, 5.74) is 6.70. The zero-order valence-corrected chi connectivity index (χ0v) is 13.3. The molecular weight excluding hydrogens is 295 g/mol. The molecule has 20 heavy (non-hydrogen) atoms. The molecule has 0 bridgehead atoms. The monoisotopic (exact) mass is 318 g/mol. The molecule has 0 aliphatic carbocycles. The molecule has 1 aromatic rings. The van der Waals surface area contributed by atoms with Crippen LogP contribution in [0.3, 0.4) is 0 Å². The Morgan fingerprint density at radius 2 is 1.75 bits per heavy atom. The van der Waals surface area contributed by atoms with E-state index < -0.39 is 0 Å². The van der Waals surface area contributed by atoms with Gasteiger partial charge in [-0.25, -0.2) is 0 Å². The highest BCUT2D eigenvalue weighted by Crippen LogP contribution is 2.10. The van der Waals surface area contributed by atoms with Crippen LogP contribution in [0.25, 0.3) is 0 Å². The lowest BCUT2D eigenvalue weighted by atomic mass is 10.0. The number of rotatable bonds is 5. The number of ketones is 1. The van der Waals surface area contributed by atoms with Crippen molar-refractivity contribution in [3.05, 3.63) is 35.9 Å². The highest BCUT2D eigenvalue weighted by molar-refractivity contribution is 5.95. The van der Waals surface area contributed by atoms with Gasteiger partial charge in [0.2, 0.25) is 0 Å². The Bertz CT molecular complexity index is 379. The van der Waals surface area contributed by atoms with E-state index in [-0.39, 0.29) is 30.6 Å². The van der Waals surface area contributed by atoms with Crippen molar-refractivity contribution in [3.63, 3.8) is 0 Å². The maximum Gasteiger partial charge on any atom is 0.162 e. The summed E-state index contributed by atoms with van der Waals surface area (Å²) in [4.78, 5) is 14.3. The van der Waals surface area contributed by atoms with Crippen LogP contribution in [0.5, 0.6) is 0 Å². The topological polar surface area (TPSA) is 46.3 Å². The van der Waals surface area contributed by atoms with Crippen molar-refractivity contribution >= 4 is 30.6 Å². The summed E-state index contributed by atoms with van der Waals surface area (Å²) in [5, 5.41) is 0. The number of Topliss-reactive ketones (excluding diaryl/α,β-unsaturated/α-hetero) is 1. The van der Waals surface area contributed by atoms with Crippen LogP contribution in [0.1, 0.15) is 36.0 Å². The van der Waals surface area contributed by atoms with E-state index in [4.69, 9.17) is 5.73 Å². The molecule has 1 heterocycles. The van der Waals surface area contributed by atoms with E-state index in [1.807, 2.05) is 30.3 Å². The second kappa shape index (κ2) is 10.2. The van der Waals surface area contributed by atoms with E-state index in [0.717, 1.165) is 44.5 Å². The number of carbonyl (C=O) groups is 1. The zero-order valence-electron chi connectivity index (χ0n) is 11.7. The van der Waals surface area contributed by atoms with E-state index in [9.17, 15) is 4.79 Å². The summed E-state index contributed by atoms with van der Waals surface area (Å²) in [6, 6.07) is 9.93. The number of carbonyl (C=O) groups excluding carboxylic acids is 1. The van der Waals surface area contributed by atoms with E-state index >= 15 is 0 Å². The number of likely N-dealkylation sites (tertiary alicyclic amines) is 1. The summed E-state index contributed by atoms with van der Waals surface area (Å²) < 4.78 is 0. The fourth-order valence-electron chi connectivity index (χ4n) is 2.41. The molecule has 1 aromatic carbocycles. The summed E-state index contributed by atoms with van der Waals surface area (Å²) in [5.74, 6) is 0.254. The molecule has 1 saturated heterocycles. The number of hydrogen-bond acceptors (Lipinski definition) is 3. The van der Waals surface area contributed by atoms with Crippen LogP contribution < -0.4 is 5.73 Å². The highest BCUT2D eigenvalue weighted by atomic mass is 35.5. The molecule has 2 N–H and O–H groups in total. The third-order valence-electron chi connectivity index (χ3n) is 3.61. The van der Waals surface area contributed by atoms with Crippen molar-refractivity contribution < 1.29 is 4.79 Å². The summed E-state index contributed by atoms with van der Waals surface area (Å²) in [6.07, 6.45) is 3.77. The summed E-state index contributed by atoms with van der Waals surface area (Å²) >= 11 is 0. The van der Waals surface area contributed by atoms with Gasteiger partial charge < -0.3 is 10.6 Å². The minimum Gasteiger partial charge on any atom is -0.328 e. The fraction of sp³-hybridized carbons (Fsp3) is 0.533. The fourth-order valence-corrected chi connectivity index (χ4v) is 2.41. The molecule has 114 valence electrons. The first kappa shape index (κ1) is 19.4. The maximum absolute atomic E-state index is 11.9. The second-order valence-electron chi connectivity index (χ2n) is 5.07. The Morgan fingerprint density at radius 1 is 1.15 bits per heavy atom. The maximum atomic E-state index is 11.9. The van der Waals surface area contributed by atoms with Crippen molar-refractivity contribution in [3.8, 4) is 0 Å². The first-order chi connectivity index (χ1) is 8.75. The molecule has 0 spiro atoms. The molecule has 0 saturated carbocycles. The van der Waals surface area contributed by atoms with Crippen LogP contribution in [0, 0.1) is 0 Å². The second-order valence-corrected chi connectivity index (χ2v) is 5.07. The Morgan fingerprint density at radius 3 is 2.35 bits per heavy atom. The molecule has 3 nitrogen and oxygen atoms in total. The smallest absolute Gasteiger partial charge is 0.162 e. The van der Waals surface area contributed by atoms with Crippen LogP contribution in [0.4, 0.5) is 0 Å². The van der Waals surface area contributed by atoms with Gasteiger partial charge in [0, 0.05) is 18.0 Å². The Kier molecular flexibility index (Phi) is 9.86. The van der Waals surface area contributed by atoms with Crippen molar-refractivity contribution in [2.75, 3.05) is 19.6 Å². The van der Waals surface area contributed by atoms with E-state index in [1.165, 1.54) is 0 Å². The van der Waals surface area contributed by atoms with Crippen LogP contribution in [0.2, 0.25) is 0 Å². The lowest BCUT2D eigenvalue weighted by Crippen LogP contribution is -2.40. The lowest BCUT2D eigenvalue weighted by molar-refractivity contribution is 0.0972. The van der Waals surface area contributed by atoms with Gasteiger partial charge in [0.05, 0.1) is 0 Å². The average molecular weight is 319 g/mol. The number of nitrogens with two attached hydrogens (primary N) is 1. The van der Waals surface area contributed by atoms with Crippen molar-refractivity contribution in [1.29, 1.82) is 0 Å². The number of nitrogens with zero attached hydrogens (tertiary/aromatic N) is 1. The Balaban J connectivity index is 0.00000180.